The summed E-state index contributed by atoms with van der Waals surface area (Å²) in [4.78, 5) is 12.3. The second kappa shape index (κ2) is 6.58. The van der Waals surface area contributed by atoms with Crippen molar-refractivity contribution < 1.29 is 9.90 Å². The third-order valence-electron chi connectivity index (χ3n) is 3.18. The highest BCUT2D eigenvalue weighted by Gasteiger charge is 2.28. The molecule has 1 rings (SSSR count). The molecule has 0 atom stereocenters. The van der Waals surface area contributed by atoms with Gasteiger partial charge in [-0.05, 0) is 29.4 Å². The normalized spacial score (nSPS) is 12.5. The average molecular weight is 331 g/mol. The largest absolute Gasteiger partial charge is 0.506 e. The smallest absolute Gasteiger partial charge is 0.137 e. The van der Waals surface area contributed by atoms with Gasteiger partial charge in [-0.25, -0.2) is 0 Å². The van der Waals surface area contributed by atoms with E-state index < -0.39 is 0 Å². The van der Waals surface area contributed by atoms with Gasteiger partial charge in [0.05, 0.1) is 5.02 Å². The number of ketones is 1. The topological polar surface area (TPSA) is 37.3 Å². The second-order valence-corrected chi connectivity index (χ2v) is 8.53. The third-order valence-corrected chi connectivity index (χ3v) is 3.69. The molecule has 21 heavy (non-hydrogen) atoms. The number of phenols is 1. The van der Waals surface area contributed by atoms with Gasteiger partial charge in [0.15, 0.2) is 0 Å². The van der Waals surface area contributed by atoms with Gasteiger partial charge in [0, 0.05) is 23.4 Å². The van der Waals surface area contributed by atoms with Crippen molar-refractivity contribution in [1.29, 1.82) is 0 Å². The Balaban J connectivity index is 2.79. The number of phenolic OH excluding ortho intramolecular Hbond substituents is 1. The number of halogens is 2. The molecule has 0 bridgehead atoms. The van der Waals surface area contributed by atoms with Crippen LogP contribution in [0.3, 0.4) is 0 Å². The van der Waals surface area contributed by atoms with Crippen LogP contribution in [0.1, 0.15) is 53.0 Å². The van der Waals surface area contributed by atoms with Gasteiger partial charge in [0.1, 0.15) is 11.5 Å². The van der Waals surface area contributed by atoms with Crippen LogP contribution in [0.4, 0.5) is 0 Å². The molecule has 4 heteroatoms. The van der Waals surface area contributed by atoms with Crippen LogP contribution in [0.5, 0.6) is 5.75 Å². The summed E-state index contributed by atoms with van der Waals surface area (Å²) in [6.45, 7) is 10.7. The first-order valence-electron chi connectivity index (χ1n) is 7.08. The van der Waals surface area contributed by atoms with E-state index in [9.17, 15) is 9.90 Å². The van der Waals surface area contributed by atoms with Crippen LogP contribution < -0.4 is 0 Å². The Kier molecular flexibility index (Phi) is 5.74. The van der Waals surface area contributed by atoms with E-state index in [0.29, 0.717) is 17.0 Å². The van der Waals surface area contributed by atoms with E-state index in [0.717, 1.165) is 6.42 Å². The van der Waals surface area contributed by atoms with E-state index in [2.05, 4.69) is 34.6 Å². The molecule has 1 aromatic rings. The van der Waals surface area contributed by atoms with Gasteiger partial charge in [0.2, 0.25) is 0 Å². The maximum Gasteiger partial charge on any atom is 0.137 e. The van der Waals surface area contributed by atoms with E-state index >= 15 is 0 Å². The summed E-state index contributed by atoms with van der Waals surface area (Å²) in [5.74, 6) is 0.0286. The SMILES string of the molecule is CC(C)(C)CC(C)(C)CC(=O)Cc1cc(Cl)cc(Cl)c1O. The maximum atomic E-state index is 12.3. The van der Waals surface area contributed by atoms with E-state index in [1.807, 2.05) is 0 Å². The summed E-state index contributed by atoms with van der Waals surface area (Å²) in [6, 6.07) is 3.06. The summed E-state index contributed by atoms with van der Waals surface area (Å²) in [7, 11) is 0. The number of aromatic hydroxyl groups is 1. The van der Waals surface area contributed by atoms with Crippen molar-refractivity contribution in [2.45, 2.75) is 53.9 Å². The standard InChI is InChI=1S/C17H24Cl2O2/c1-16(2,3)10-17(4,5)9-13(20)7-11-6-12(18)8-14(19)15(11)21/h6,8,21H,7,9-10H2,1-5H3. The van der Waals surface area contributed by atoms with Crippen LogP contribution in [0.15, 0.2) is 12.1 Å². The minimum absolute atomic E-state index is 0.0527. The molecule has 0 unspecified atom stereocenters. The highest BCUT2D eigenvalue weighted by Crippen LogP contribution is 2.37. The molecule has 1 aromatic carbocycles. The number of hydrogen-bond acceptors (Lipinski definition) is 2. The van der Waals surface area contributed by atoms with Crippen molar-refractivity contribution in [3.63, 3.8) is 0 Å². The second-order valence-electron chi connectivity index (χ2n) is 7.69. The van der Waals surface area contributed by atoms with Crippen LogP contribution in [0.25, 0.3) is 0 Å². The highest BCUT2D eigenvalue weighted by atomic mass is 35.5. The number of benzene rings is 1. The minimum atomic E-state index is -0.0761. The zero-order valence-electron chi connectivity index (χ0n) is 13.4. The summed E-state index contributed by atoms with van der Waals surface area (Å²) in [6.07, 6.45) is 1.57. The molecule has 0 aliphatic heterocycles. The molecule has 1 N–H and O–H groups in total. The van der Waals surface area contributed by atoms with Crippen LogP contribution in [-0.4, -0.2) is 10.9 Å². The van der Waals surface area contributed by atoms with E-state index in [4.69, 9.17) is 23.2 Å². The molecule has 0 aliphatic carbocycles. The van der Waals surface area contributed by atoms with Gasteiger partial charge in [-0.2, -0.15) is 0 Å². The van der Waals surface area contributed by atoms with Crippen LogP contribution in [-0.2, 0) is 11.2 Å². The Hall–Kier alpha value is -0.730. The lowest BCUT2D eigenvalue weighted by atomic mass is 9.73. The molecule has 0 saturated carbocycles. The molecular formula is C17H24Cl2O2. The Morgan fingerprint density at radius 3 is 2.24 bits per heavy atom. The van der Waals surface area contributed by atoms with Gasteiger partial charge in [-0.1, -0.05) is 57.8 Å². The lowest BCUT2D eigenvalue weighted by Gasteiger charge is -2.32. The number of Topliss-reactive ketones (excluding diaryl/α,β-unsaturated/α-hetero) is 1. The van der Waals surface area contributed by atoms with E-state index in [1.54, 1.807) is 6.07 Å². The van der Waals surface area contributed by atoms with Crippen molar-refractivity contribution in [1.82, 2.24) is 0 Å². The Morgan fingerprint density at radius 1 is 1.14 bits per heavy atom. The molecule has 0 saturated heterocycles. The van der Waals surface area contributed by atoms with Gasteiger partial charge >= 0.3 is 0 Å². The zero-order chi connectivity index (χ0) is 16.4. The van der Waals surface area contributed by atoms with Gasteiger partial charge in [-0.3, -0.25) is 4.79 Å². The highest BCUT2D eigenvalue weighted by molar-refractivity contribution is 6.35. The zero-order valence-corrected chi connectivity index (χ0v) is 14.9. The van der Waals surface area contributed by atoms with Crippen molar-refractivity contribution in [3.8, 4) is 5.75 Å². The number of carbonyl (C=O) groups excluding carboxylic acids is 1. The number of rotatable bonds is 5. The summed E-state index contributed by atoms with van der Waals surface area (Å²) < 4.78 is 0. The third kappa shape index (κ3) is 6.27. The first-order valence-corrected chi connectivity index (χ1v) is 7.84. The Labute approximate surface area is 137 Å². The predicted molar refractivity (Wildman–Crippen MR) is 89.3 cm³/mol. The minimum Gasteiger partial charge on any atom is -0.506 e. The first-order chi connectivity index (χ1) is 9.39. The Bertz CT molecular complexity index is 528. The van der Waals surface area contributed by atoms with E-state index in [-0.39, 0.29) is 33.8 Å². The lowest BCUT2D eigenvalue weighted by molar-refractivity contribution is -0.120. The van der Waals surface area contributed by atoms with Gasteiger partial charge < -0.3 is 5.11 Å². The molecule has 0 amide bonds. The molecule has 0 aromatic heterocycles. The molecule has 0 fully saturated rings. The fourth-order valence-electron chi connectivity index (χ4n) is 3.06. The summed E-state index contributed by atoms with van der Waals surface area (Å²) >= 11 is 11.8. The molecule has 0 spiro atoms. The molecular weight excluding hydrogens is 307 g/mol. The van der Waals surface area contributed by atoms with Crippen molar-refractivity contribution in [3.05, 3.63) is 27.7 Å². The lowest BCUT2D eigenvalue weighted by Crippen LogP contribution is -2.24. The average Bonchev–Trinajstić information content (AvgIpc) is 2.20. The fourth-order valence-corrected chi connectivity index (χ4v) is 3.60. The predicted octanol–water partition coefficient (Wildman–Crippen LogP) is 5.66. The maximum absolute atomic E-state index is 12.3. The van der Waals surface area contributed by atoms with Crippen LogP contribution >= 0.6 is 23.2 Å². The Morgan fingerprint density at radius 2 is 1.71 bits per heavy atom. The first kappa shape index (κ1) is 18.3. The van der Waals surface area contributed by atoms with Crippen molar-refractivity contribution >= 4 is 29.0 Å². The van der Waals surface area contributed by atoms with Gasteiger partial charge in [-0.15, -0.1) is 0 Å². The van der Waals surface area contributed by atoms with Crippen molar-refractivity contribution in [2.24, 2.45) is 10.8 Å². The number of carbonyl (C=O) groups is 1. The van der Waals surface area contributed by atoms with Crippen LogP contribution in [0.2, 0.25) is 10.0 Å². The monoisotopic (exact) mass is 330 g/mol. The summed E-state index contributed by atoms with van der Waals surface area (Å²) in [5, 5.41) is 10.5. The fraction of sp³-hybridized carbons (Fsp3) is 0.588. The van der Waals surface area contributed by atoms with Crippen LogP contribution in [0, 0.1) is 10.8 Å². The molecule has 0 aliphatic rings. The quantitative estimate of drug-likeness (QED) is 0.755. The molecule has 0 radical (unpaired) electrons. The summed E-state index contributed by atoms with van der Waals surface area (Å²) in [5.41, 5.74) is 0.586. The van der Waals surface area contributed by atoms with E-state index in [1.165, 1.54) is 6.07 Å². The molecule has 118 valence electrons. The van der Waals surface area contributed by atoms with Gasteiger partial charge in [0.25, 0.3) is 0 Å². The molecule has 2 nitrogen and oxygen atoms in total. The number of hydrogen-bond donors (Lipinski definition) is 1. The van der Waals surface area contributed by atoms with Crippen molar-refractivity contribution in [2.75, 3.05) is 0 Å². The molecule has 0 heterocycles.